The molecule has 0 bridgehead atoms. The van der Waals surface area contributed by atoms with Crippen molar-refractivity contribution in [1.82, 2.24) is 0 Å². The van der Waals surface area contributed by atoms with Crippen molar-refractivity contribution >= 4 is 17.7 Å². The molecule has 0 aliphatic rings. The van der Waals surface area contributed by atoms with Crippen LogP contribution in [0.1, 0.15) is 20.8 Å². The van der Waals surface area contributed by atoms with Gasteiger partial charge < -0.3 is 9.47 Å². The smallest absolute Gasteiger partial charge is 0.344 e. The van der Waals surface area contributed by atoms with Crippen LogP contribution in [-0.4, -0.2) is 24.3 Å². The first-order valence-corrected chi connectivity index (χ1v) is 4.04. The van der Waals surface area contributed by atoms with E-state index in [2.05, 4.69) is 9.47 Å². The van der Waals surface area contributed by atoms with E-state index < -0.39 is 17.7 Å². The summed E-state index contributed by atoms with van der Waals surface area (Å²) in [4.78, 5) is 32.4. The Bertz CT molecular complexity index is 277. The van der Waals surface area contributed by atoms with Gasteiger partial charge in [0, 0.05) is 6.92 Å². The van der Waals surface area contributed by atoms with Crippen LogP contribution in [0.3, 0.4) is 0 Å². The van der Waals surface area contributed by atoms with E-state index in [4.69, 9.17) is 0 Å². The Morgan fingerprint density at radius 1 is 1.21 bits per heavy atom. The van der Waals surface area contributed by atoms with Crippen molar-refractivity contribution in [2.75, 3.05) is 6.61 Å². The van der Waals surface area contributed by atoms with Crippen LogP contribution < -0.4 is 0 Å². The minimum atomic E-state index is -0.791. The molecule has 0 fully saturated rings. The van der Waals surface area contributed by atoms with Gasteiger partial charge >= 0.3 is 11.9 Å². The van der Waals surface area contributed by atoms with Gasteiger partial charge in [0.05, 0.1) is 6.61 Å². The zero-order valence-corrected chi connectivity index (χ0v) is 8.33. The average Bonchev–Trinajstić information content (AvgIpc) is 2.03. The molecule has 0 saturated carbocycles. The van der Waals surface area contributed by atoms with Crippen LogP contribution in [0.15, 0.2) is 11.8 Å². The Balaban J connectivity index is 4.59. The molecule has 0 atom stereocenters. The number of hydrogen-bond donors (Lipinski definition) is 0. The van der Waals surface area contributed by atoms with Gasteiger partial charge in [-0.25, -0.2) is 4.79 Å². The molecule has 0 aromatic rings. The van der Waals surface area contributed by atoms with Crippen molar-refractivity contribution in [3.63, 3.8) is 0 Å². The van der Waals surface area contributed by atoms with E-state index in [1.165, 1.54) is 13.8 Å². The summed E-state index contributed by atoms with van der Waals surface area (Å²) in [7, 11) is 0. The molecule has 0 unspecified atom stereocenters. The summed E-state index contributed by atoms with van der Waals surface area (Å²) in [6.45, 7) is 4.12. The summed E-state index contributed by atoms with van der Waals surface area (Å²) in [5.41, 5.74) is -0.276. The van der Waals surface area contributed by atoms with Crippen LogP contribution in [0, 0.1) is 0 Å². The summed E-state index contributed by atoms with van der Waals surface area (Å²) in [5.74, 6) is -1.90. The van der Waals surface area contributed by atoms with Crippen molar-refractivity contribution in [1.29, 1.82) is 0 Å². The van der Waals surface area contributed by atoms with Gasteiger partial charge in [-0.15, -0.1) is 0 Å². The van der Waals surface area contributed by atoms with Gasteiger partial charge in [-0.05, 0) is 13.8 Å². The van der Waals surface area contributed by atoms with Crippen LogP contribution in [0.2, 0.25) is 0 Å². The predicted octanol–water partition coefficient (Wildman–Crippen LogP) is 0.586. The lowest BCUT2D eigenvalue weighted by atomic mass is 10.2. The molecule has 0 amide bonds. The molecule has 0 aromatic carbocycles. The van der Waals surface area contributed by atoms with E-state index in [1.54, 1.807) is 6.92 Å². The van der Waals surface area contributed by atoms with Gasteiger partial charge in [-0.2, -0.15) is 0 Å². The Morgan fingerprint density at radius 3 is 2.14 bits per heavy atom. The van der Waals surface area contributed by atoms with Crippen molar-refractivity contribution in [2.24, 2.45) is 0 Å². The maximum absolute atomic E-state index is 11.1. The van der Waals surface area contributed by atoms with Crippen LogP contribution >= 0.6 is 0 Å². The van der Waals surface area contributed by atoms with Crippen molar-refractivity contribution in [3.05, 3.63) is 11.8 Å². The van der Waals surface area contributed by atoms with Crippen LogP contribution in [0.4, 0.5) is 0 Å². The topological polar surface area (TPSA) is 69.7 Å². The summed E-state index contributed by atoms with van der Waals surface area (Å²) >= 11 is 0. The molecule has 0 spiro atoms. The lowest BCUT2D eigenvalue weighted by molar-refractivity contribution is -0.140. The van der Waals surface area contributed by atoms with Gasteiger partial charge in [0.25, 0.3) is 0 Å². The molecular weight excluding hydrogens is 188 g/mol. The maximum atomic E-state index is 11.1. The van der Waals surface area contributed by atoms with Gasteiger partial charge in [0.15, 0.2) is 5.78 Å². The molecule has 14 heavy (non-hydrogen) atoms. The summed E-state index contributed by atoms with van der Waals surface area (Å²) < 4.78 is 8.99. The first-order valence-electron chi connectivity index (χ1n) is 4.04. The molecule has 78 valence electrons. The molecule has 0 aliphatic carbocycles. The number of hydrogen-bond acceptors (Lipinski definition) is 5. The van der Waals surface area contributed by atoms with Gasteiger partial charge in [0.2, 0.25) is 0 Å². The van der Waals surface area contributed by atoms with Gasteiger partial charge in [-0.1, -0.05) is 0 Å². The van der Waals surface area contributed by atoms with E-state index in [9.17, 15) is 14.4 Å². The second-order valence-electron chi connectivity index (χ2n) is 2.42. The Hall–Kier alpha value is -1.65. The number of ketones is 1. The first-order chi connectivity index (χ1) is 6.49. The molecule has 0 heterocycles. The molecule has 5 heteroatoms. The SMILES string of the molecule is CCOC(=O)C(=COC(C)=O)C(C)=O. The number of Topliss-reactive ketones (excluding diaryl/α,β-unsaturated/α-hetero) is 1. The fourth-order valence-electron chi connectivity index (χ4n) is 0.626. The van der Waals surface area contributed by atoms with Crippen LogP contribution in [0.5, 0.6) is 0 Å². The molecular formula is C9H12O5. The van der Waals surface area contributed by atoms with E-state index in [0.29, 0.717) is 0 Å². The largest absolute Gasteiger partial charge is 0.462 e. The third kappa shape index (κ3) is 4.39. The molecule has 0 saturated heterocycles. The Kier molecular flexibility index (Phi) is 5.21. The molecule has 0 rings (SSSR count). The van der Waals surface area contributed by atoms with Crippen molar-refractivity contribution in [2.45, 2.75) is 20.8 Å². The predicted molar refractivity (Wildman–Crippen MR) is 47.2 cm³/mol. The highest BCUT2D eigenvalue weighted by Gasteiger charge is 2.16. The number of carbonyl (C=O) groups excluding carboxylic acids is 3. The van der Waals surface area contributed by atoms with Crippen molar-refractivity contribution in [3.8, 4) is 0 Å². The second kappa shape index (κ2) is 5.90. The molecule has 5 nitrogen and oxygen atoms in total. The fourth-order valence-corrected chi connectivity index (χ4v) is 0.626. The standard InChI is InChI=1S/C9H12O5/c1-4-13-9(12)8(6(2)10)5-14-7(3)11/h5H,4H2,1-3H3. The third-order valence-corrected chi connectivity index (χ3v) is 1.22. The Morgan fingerprint density at radius 2 is 1.79 bits per heavy atom. The monoisotopic (exact) mass is 200 g/mol. The number of esters is 2. The average molecular weight is 200 g/mol. The van der Waals surface area contributed by atoms with Gasteiger partial charge in [-0.3, -0.25) is 9.59 Å². The minimum absolute atomic E-state index is 0.156. The fraction of sp³-hybridized carbons (Fsp3) is 0.444. The number of rotatable bonds is 4. The highest BCUT2D eigenvalue weighted by atomic mass is 16.5. The van der Waals surface area contributed by atoms with Gasteiger partial charge in [0.1, 0.15) is 11.8 Å². The highest BCUT2D eigenvalue weighted by Crippen LogP contribution is 2.00. The van der Waals surface area contributed by atoms with Crippen LogP contribution in [-0.2, 0) is 23.9 Å². The molecule has 0 N–H and O–H groups in total. The quantitative estimate of drug-likeness (QED) is 0.218. The van der Waals surface area contributed by atoms with E-state index in [0.717, 1.165) is 6.26 Å². The molecule has 0 aliphatic heterocycles. The summed E-state index contributed by atoms with van der Waals surface area (Å²) in [6.07, 6.45) is 0.808. The molecule has 0 radical (unpaired) electrons. The normalized spacial score (nSPS) is 10.6. The molecule has 0 aromatic heterocycles. The summed E-state index contributed by atoms with van der Waals surface area (Å²) in [6, 6.07) is 0. The maximum Gasteiger partial charge on any atom is 0.344 e. The lowest BCUT2D eigenvalue weighted by Gasteiger charge is -2.02. The zero-order valence-electron chi connectivity index (χ0n) is 8.33. The van der Waals surface area contributed by atoms with Crippen molar-refractivity contribution < 1.29 is 23.9 Å². The van der Waals surface area contributed by atoms with E-state index >= 15 is 0 Å². The van der Waals surface area contributed by atoms with Crippen LogP contribution in [0.25, 0.3) is 0 Å². The number of ether oxygens (including phenoxy) is 2. The minimum Gasteiger partial charge on any atom is -0.462 e. The van der Waals surface area contributed by atoms with E-state index in [1.807, 2.05) is 0 Å². The third-order valence-electron chi connectivity index (χ3n) is 1.22. The second-order valence-corrected chi connectivity index (χ2v) is 2.42. The number of carbonyl (C=O) groups is 3. The zero-order chi connectivity index (χ0) is 11.1. The van der Waals surface area contributed by atoms with E-state index in [-0.39, 0.29) is 12.2 Å². The lowest BCUT2D eigenvalue weighted by Crippen LogP contribution is -2.14. The highest BCUT2D eigenvalue weighted by molar-refractivity contribution is 6.16. The first kappa shape index (κ1) is 12.3. The Labute approximate surface area is 81.7 Å². The summed E-state index contributed by atoms with van der Waals surface area (Å²) in [5, 5.41) is 0.